The van der Waals surface area contributed by atoms with Gasteiger partial charge in [0.15, 0.2) is 5.11 Å². The van der Waals surface area contributed by atoms with E-state index in [9.17, 15) is 4.79 Å². The second-order valence-electron chi connectivity index (χ2n) is 4.86. The van der Waals surface area contributed by atoms with E-state index >= 15 is 0 Å². The Kier molecular flexibility index (Phi) is 5.35. The van der Waals surface area contributed by atoms with Crippen LogP contribution in [0, 0.1) is 5.92 Å². The topological polar surface area (TPSA) is 50.4 Å². The molecule has 0 radical (unpaired) electrons. The Balaban J connectivity index is 1.88. The first kappa shape index (κ1) is 14.8. The van der Waals surface area contributed by atoms with Crippen LogP contribution in [0.25, 0.3) is 0 Å². The predicted molar refractivity (Wildman–Crippen MR) is 83.6 cm³/mol. The van der Waals surface area contributed by atoms with Crippen LogP contribution in [0.2, 0.25) is 0 Å². The van der Waals surface area contributed by atoms with Crippen molar-refractivity contribution in [3.8, 4) is 0 Å². The molecule has 0 unspecified atom stereocenters. The van der Waals surface area contributed by atoms with E-state index in [1.165, 1.54) is 0 Å². The van der Waals surface area contributed by atoms with Crippen LogP contribution in [0.5, 0.6) is 0 Å². The van der Waals surface area contributed by atoms with Crippen molar-refractivity contribution >= 4 is 29.0 Å². The summed E-state index contributed by atoms with van der Waals surface area (Å²) in [6, 6.07) is 9.81. The van der Waals surface area contributed by atoms with Gasteiger partial charge < -0.3 is 15.4 Å². The third-order valence-electron chi connectivity index (χ3n) is 3.45. The molecule has 5 heteroatoms. The Bertz CT molecular complexity index is 464. The van der Waals surface area contributed by atoms with E-state index in [0.29, 0.717) is 11.7 Å². The van der Waals surface area contributed by atoms with Crippen molar-refractivity contribution in [2.75, 3.05) is 11.9 Å². The average molecular weight is 292 g/mol. The van der Waals surface area contributed by atoms with Crippen LogP contribution in [-0.2, 0) is 9.53 Å². The van der Waals surface area contributed by atoms with Gasteiger partial charge in [-0.15, -0.1) is 0 Å². The average Bonchev–Trinajstić information content (AvgIpc) is 2.88. The molecule has 1 aliphatic rings. The van der Waals surface area contributed by atoms with Crippen LogP contribution >= 0.6 is 12.2 Å². The van der Waals surface area contributed by atoms with Crippen LogP contribution in [0.1, 0.15) is 26.2 Å². The minimum Gasteiger partial charge on any atom is -0.466 e. The molecule has 1 aromatic carbocycles. The van der Waals surface area contributed by atoms with Crippen molar-refractivity contribution in [1.29, 1.82) is 0 Å². The lowest BCUT2D eigenvalue weighted by atomic mass is 10.0. The quantitative estimate of drug-likeness (QED) is 0.660. The fourth-order valence-corrected chi connectivity index (χ4v) is 2.79. The third-order valence-corrected chi connectivity index (χ3v) is 3.67. The molecule has 4 nitrogen and oxygen atoms in total. The summed E-state index contributed by atoms with van der Waals surface area (Å²) >= 11 is 5.30. The molecule has 2 N–H and O–H groups in total. The van der Waals surface area contributed by atoms with E-state index in [1.54, 1.807) is 0 Å². The van der Waals surface area contributed by atoms with Crippen molar-refractivity contribution in [2.45, 2.75) is 32.2 Å². The highest BCUT2D eigenvalue weighted by molar-refractivity contribution is 7.80. The highest BCUT2D eigenvalue weighted by atomic mass is 32.1. The Morgan fingerprint density at radius 1 is 1.35 bits per heavy atom. The largest absolute Gasteiger partial charge is 0.466 e. The maximum atomic E-state index is 11.9. The first-order chi connectivity index (χ1) is 9.70. The normalized spacial score (nSPS) is 21.2. The minimum absolute atomic E-state index is 0.0674. The highest BCUT2D eigenvalue weighted by Gasteiger charge is 2.34. The molecule has 20 heavy (non-hydrogen) atoms. The first-order valence-corrected chi connectivity index (χ1v) is 7.40. The fraction of sp³-hybridized carbons (Fsp3) is 0.467. The summed E-state index contributed by atoms with van der Waals surface area (Å²) < 4.78 is 5.11. The lowest BCUT2D eigenvalue weighted by Gasteiger charge is -2.21. The number of carbonyl (C=O) groups is 1. The maximum absolute atomic E-state index is 11.9. The zero-order chi connectivity index (χ0) is 14.4. The summed E-state index contributed by atoms with van der Waals surface area (Å²) in [5.74, 6) is -0.213. The summed E-state index contributed by atoms with van der Waals surface area (Å²) in [7, 11) is 0. The maximum Gasteiger partial charge on any atom is 0.311 e. The van der Waals surface area contributed by atoms with Gasteiger partial charge in [-0.25, -0.2) is 0 Å². The molecule has 108 valence electrons. The number of thiocarbonyl (C=S) groups is 1. The summed E-state index contributed by atoms with van der Waals surface area (Å²) in [4.78, 5) is 11.9. The van der Waals surface area contributed by atoms with Crippen molar-refractivity contribution in [3.63, 3.8) is 0 Å². The molecular formula is C15H20N2O2S. The standard InChI is InChI=1S/C15H20N2O2S/c1-2-19-14(18)12-9-6-10-13(12)17-15(20)16-11-7-4-3-5-8-11/h3-5,7-8,12-13H,2,6,9-10H2,1H3,(H2,16,17,20)/t12-,13+/m1/s1. The molecule has 2 rings (SSSR count). The molecule has 0 heterocycles. The van der Waals surface area contributed by atoms with Gasteiger partial charge in [0.25, 0.3) is 0 Å². The number of rotatable bonds is 4. The summed E-state index contributed by atoms with van der Waals surface area (Å²) in [6.07, 6.45) is 2.83. The van der Waals surface area contributed by atoms with Crippen molar-refractivity contribution in [2.24, 2.45) is 5.92 Å². The minimum atomic E-state index is -0.120. The van der Waals surface area contributed by atoms with Gasteiger partial charge in [-0.2, -0.15) is 0 Å². The van der Waals surface area contributed by atoms with Gasteiger partial charge in [0, 0.05) is 11.7 Å². The zero-order valence-electron chi connectivity index (χ0n) is 11.6. The Labute approximate surface area is 124 Å². The number of esters is 1. The van der Waals surface area contributed by atoms with Crippen LogP contribution in [0.3, 0.4) is 0 Å². The molecule has 0 saturated heterocycles. The fourth-order valence-electron chi connectivity index (χ4n) is 2.52. The number of anilines is 1. The van der Waals surface area contributed by atoms with Gasteiger partial charge >= 0.3 is 5.97 Å². The molecule has 0 aliphatic heterocycles. The van der Waals surface area contributed by atoms with Gasteiger partial charge in [0.2, 0.25) is 0 Å². The SMILES string of the molecule is CCOC(=O)[C@@H]1CCC[C@@H]1NC(=S)Nc1ccccc1. The van der Waals surface area contributed by atoms with Crippen LogP contribution in [0.4, 0.5) is 5.69 Å². The highest BCUT2D eigenvalue weighted by Crippen LogP contribution is 2.27. The number of hydrogen-bond acceptors (Lipinski definition) is 3. The molecule has 0 spiro atoms. The number of hydrogen-bond donors (Lipinski definition) is 2. The summed E-state index contributed by atoms with van der Waals surface area (Å²) in [6.45, 7) is 2.26. The molecule has 1 aliphatic carbocycles. The second kappa shape index (κ2) is 7.24. The van der Waals surface area contributed by atoms with E-state index < -0.39 is 0 Å². The lowest BCUT2D eigenvalue weighted by Crippen LogP contribution is -2.42. The predicted octanol–water partition coefficient (Wildman–Crippen LogP) is 2.70. The monoisotopic (exact) mass is 292 g/mol. The summed E-state index contributed by atoms with van der Waals surface area (Å²) in [5.41, 5.74) is 0.940. The van der Waals surface area contributed by atoms with Crippen molar-refractivity contribution in [1.82, 2.24) is 5.32 Å². The Morgan fingerprint density at radius 2 is 2.10 bits per heavy atom. The Hall–Kier alpha value is -1.62. The van der Waals surface area contributed by atoms with Crippen molar-refractivity contribution < 1.29 is 9.53 Å². The number of ether oxygens (including phenoxy) is 1. The zero-order valence-corrected chi connectivity index (χ0v) is 12.4. The smallest absolute Gasteiger partial charge is 0.311 e. The van der Waals surface area contributed by atoms with E-state index in [-0.39, 0.29) is 17.9 Å². The molecule has 0 bridgehead atoms. The van der Waals surface area contributed by atoms with E-state index in [2.05, 4.69) is 10.6 Å². The number of benzene rings is 1. The molecule has 1 saturated carbocycles. The molecule has 2 atom stereocenters. The van der Waals surface area contributed by atoms with Crippen LogP contribution in [0.15, 0.2) is 30.3 Å². The van der Waals surface area contributed by atoms with Gasteiger partial charge in [-0.3, -0.25) is 4.79 Å². The third kappa shape index (κ3) is 3.93. The number of carbonyl (C=O) groups excluding carboxylic acids is 1. The number of para-hydroxylation sites is 1. The van der Waals surface area contributed by atoms with Crippen LogP contribution in [-0.4, -0.2) is 23.7 Å². The molecule has 1 aromatic rings. The van der Waals surface area contributed by atoms with Gasteiger partial charge in [0.1, 0.15) is 0 Å². The van der Waals surface area contributed by atoms with E-state index in [4.69, 9.17) is 17.0 Å². The molecule has 1 fully saturated rings. The van der Waals surface area contributed by atoms with Crippen molar-refractivity contribution in [3.05, 3.63) is 30.3 Å². The Morgan fingerprint density at radius 3 is 2.80 bits per heavy atom. The molecular weight excluding hydrogens is 272 g/mol. The van der Waals surface area contributed by atoms with Gasteiger partial charge in [-0.05, 0) is 44.1 Å². The van der Waals surface area contributed by atoms with Crippen LogP contribution < -0.4 is 10.6 Å². The van der Waals surface area contributed by atoms with Gasteiger partial charge in [-0.1, -0.05) is 24.6 Å². The van der Waals surface area contributed by atoms with E-state index in [0.717, 1.165) is 24.9 Å². The van der Waals surface area contributed by atoms with E-state index in [1.807, 2.05) is 37.3 Å². The van der Waals surface area contributed by atoms with Gasteiger partial charge in [0.05, 0.1) is 12.5 Å². The number of nitrogens with one attached hydrogen (secondary N) is 2. The second-order valence-corrected chi connectivity index (χ2v) is 5.27. The first-order valence-electron chi connectivity index (χ1n) is 7.00. The summed E-state index contributed by atoms with van der Waals surface area (Å²) in [5, 5.41) is 6.92. The lowest BCUT2D eigenvalue weighted by molar-refractivity contribution is -0.148. The molecule has 0 aromatic heterocycles. The molecule has 0 amide bonds.